The van der Waals surface area contributed by atoms with Crippen molar-refractivity contribution in [2.45, 2.75) is 0 Å². The molecule has 0 bridgehead atoms. The molecule has 0 radical (unpaired) electrons. The average molecular weight is 202 g/mol. The van der Waals surface area contributed by atoms with E-state index in [1.54, 1.807) is 0 Å². The Hall–Kier alpha value is -0.0500. The Bertz CT molecular complexity index is 134. The summed E-state index contributed by atoms with van der Waals surface area (Å²) in [6.45, 7) is 0. The van der Waals surface area contributed by atoms with Gasteiger partial charge in [0.2, 0.25) is 0 Å². The fourth-order valence-corrected chi connectivity index (χ4v) is 0.830. The fourth-order valence-electron chi connectivity index (χ4n) is 0.415. The molecular formula is C6H5I. The Morgan fingerprint density at radius 3 is 1.86 bits per heavy atom. The van der Waals surface area contributed by atoms with Crippen molar-refractivity contribution in [1.82, 2.24) is 0 Å². The van der Waals surface area contributed by atoms with Gasteiger partial charge in [-0.2, -0.15) is 0 Å². The molecule has 0 saturated carbocycles. The first-order valence-electron chi connectivity index (χ1n) is 2.10. The van der Waals surface area contributed by atoms with E-state index >= 15 is 0 Å². The summed E-state index contributed by atoms with van der Waals surface area (Å²) in [5.41, 5.74) is 0. The molecule has 0 unspecified atom stereocenters. The van der Waals surface area contributed by atoms with Gasteiger partial charge in [0.15, 0.2) is 0 Å². The van der Waals surface area contributed by atoms with Crippen LogP contribution in [0.25, 0.3) is 0 Å². The Balaban J connectivity index is 3.02. The Labute approximate surface area is 56.7 Å². The number of rotatable bonds is 0. The zero-order chi connectivity index (χ0) is 5.11. The van der Waals surface area contributed by atoms with Gasteiger partial charge in [0.1, 0.15) is 0 Å². The zero-order valence-corrected chi connectivity index (χ0v) is 5.92. The Morgan fingerprint density at radius 2 is 1.57 bits per heavy atom. The summed E-state index contributed by atoms with van der Waals surface area (Å²) in [6, 6.07) is 10.2. The molecule has 0 aliphatic carbocycles. The number of benzene rings is 1. The van der Waals surface area contributed by atoms with Gasteiger partial charge in [-0.05, 0) is 34.7 Å². The van der Waals surface area contributed by atoms with Crippen molar-refractivity contribution in [3.63, 3.8) is 0 Å². The van der Waals surface area contributed by atoms with Gasteiger partial charge in [-0.15, -0.1) is 0 Å². The summed E-state index contributed by atoms with van der Waals surface area (Å²) in [7, 11) is 0. The summed E-state index contributed by atoms with van der Waals surface area (Å²) in [5.74, 6) is 0. The first-order chi connectivity index (χ1) is 3.39. The molecule has 7 heavy (non-hydrogen) atoms. The third kappa shape index (κ3) is 1.47. The summed E-state index contributed by atoms with van der Waals surface area (Å²) in [5, 5.41) is 0. The molecule has 1 rings (SSSR count). The van der Waals surface area contributed by atoms with E-state index in [1.807, 2.05) is 18.2 Å². The van der Waals surface area contributed by atoms with E-state index in [0.29, 0.717) is 0 Å². The molecule has 1 heteroatoms. The second-order valence-electron chi connectivity index (χ2n) is 1.30. The van der Waals surface area contributed by atoms with E-state index in [1.165, 1.54) is 3.57 Å². The molecule has 36 valence electrons. The molecule has 0 nitrogen and oxygen atoms in total. The van der Waals surface area contributed by atoms with E-state index in [9.17, 15) is 0 Å². The summed E-state index contributed by atoms with van der Waals surface area (Å²) in [6.07, 6.45) is 0. The van der Waals surface area contributed by atoms with Crippen LogP contribution in [0.4, 0.5) is 0 Å². The number of halogens is 1. The molecule has 1 aromatic rings. The molecule has 0 amide bonds. The van der Waals surface area contributed by atoms with Crippen LogP contribution in [0.2, 0.25) is 0 Å². The predicted octanol–water partition coefficient (Wildman–Crippen LogP) is 2.29. The van der Waals surface area contributed by atoms with Gasteiger partial charge in [0.05, 0.1) is 0 Å². The normalized spacial score (nSPS) is 8.71. The van der Waals surface area contributed by atoms with Crippen molar-refractivity contribution >= 4 is 22.6 Å². The van der Waals surface area contributed by atoms with Crippen molar-refractivity contribution in [3.8, 4) is 0 Å². The number of hydrogen-bond acceptors (Lipinski definition) is 0. The molecule has 0 aliphatic heterocycles. The topological polar surface area (TPSA) is 0 Å². The Morgan fingerprint density at radius 1 is 1.00 bits per heavy atom. The lowest BCUT2D eigenvalue weighted by atomic mass is 10.4. The number of hydrogen-bond donors (Lipinski definition) is 0. The second kappa shape index (κ2) is 2.31. The van der Waals surface area contributed by atoms with E-state index in [2.05, 4.69) is 34.7 Å². The van der Waals surface area contributed by atoms with Gasteiger partial charge in [-0.25, -0.2) is 0 Å². The molecule has 0 aromatic heterocycles. The maximum Gasteiger partial charge on any atom is 0.0130 e. The second-order valence-corrected chi connectivity index (χ2v) is 2.54. The van der Waals surface area contributed by atoms with Gasteiger partial charge in [-0.3, -0.25) is 0 Å². The SMILES string of the molecule is [125I]c1ccccc1. The van der Waals surface area contributed by atoms with Crippen molar-refractivity contribution < 1.29 is 0 Å². The van der Waals surface area contributed by atoms with Gasteiger partial charge >= 0.3 is 0 Å². The molecule has 0 atom stereocenters. The smallest absolute Gasteiger partial charge is 0.0130 e. The van der Waals surface area contributed by atoms with Crippen molar-refractivity contribution in [2.75, 3.05) is 0 Å². The quantitative estimate of drug-likeness (QED) is 0.566. The van der Waals surface area contributed by atoms with Crippen molar-refractivity contribution in [1.29, 1.82) is 0 Å². The van der Waals surface area contributed by atoms with Crippen LogP contribution in [0.15, 0.2) is 30.3 Å². The third-order valence-corrected chi connectivity index (χ3v) is 1.45. The molecule has 0 N–H and O–H groups in total. The van der Waals surface area contributed by atoms with Crippen molar-refractivity contribution in [3.05, 3.63) is 33.9 Å². The lowest BCUT2D eigenvalue weighted by molar-refractivity contribution is 1.65. The molecule has 0 aliphatic rings. The first-order valence-corrected chi connectivity index (χ1v) is 3.18. The maximum absolute atomic E-state index is 2.28. The summed E-state index contributed by atoms with van der Waals surface area (Å²) >= 11 is 2.28. The molecule has 0 saturated heterocycles. The highest BCUT2D eigenvalue weighted by atomic mass is 125. The largest absolute Gasteiger partial charge is 0.0622 e. The highest BCUT2D eigenvalue weighted by Gasteiger charge is 1.74. The van der Waals surface area contributed by atoms with Gasteiger partial charge in [0.25, 0.3) is 0 Å². The Kier molecular flexibility index (Phi) is 1.68. The monoisotopic (exact) mass is 202 g/mol. The highest BCUT2D eigenvalue weighted by molar-refractivity contribution is 14.1. The zero-order valence-electron chi connectivity index (χ0n) is 3.76. The van der Waals surface area contributed by atoms with Crippen LogP contribution < -0.4 is 0 Å². The van der Waals surface area contributed by atoms with Gasteiger partial charge < -0.3 is 0 Å². The third-order valence-electron chi connectivity index (χ3n) is 0.733. The molecule has 0 spiro atoms. The summed E-state index contributed by atoms with van der Waals surface area (Å²) in [4.78, 5) is 0. The van der Waals surface area contributed by atoms with Crippen LogP contribution >= 0.6 is 22.6 Å². The lowest BCUT2D eigenvalue weighted by Gasteiger charge is -1.80. The van der Waals surface area contributed by atoms with Gasteiger partial charge in [0, 0.05) is 3.57 Å². The van der Waals surface area contributed by atoms with E-state index in [4.69, 9.17) is 0 Å². The van der Waals surface area contributed by atoms with Crippen LogP contribution in [0.3, 0.4) is 0 Å². The minimum absolute atomic E-state index is 1.29. The maximum atomic E-state index is 2.28. The van der Waals surface area contributed by atoms with Crippen LogP contribution in [-0.4, -0.2) is 0 Å². The van der Waals surface area contributed by atoms with E-state index in [0.717, 1.165) is 0 Å². The highest BCUT2D eigenvalue weighted by Crippen LogP contribution is 1.99. The molecule has 1 aromatic carbocycles. The van der Waals surface area contributed by atoms with Gasteiger partial charge in [-0.1, -0.05) is 18.2 Å². The summed E-state index contributed by atoms with van der Waals surface area (Å²) < 4.78 is 1.29. The van der Waals surface area contributed by atoms with Crippen molar-refractivity contribution in [2.24, 2.45) is 0 Å². The van der Waals surface area contributed by atoms with Crippen LogP contribution in [0.5, 0.6) is 0 Å². The molecule has 0 fully saturated rings. The lowest BCUT2D eigenvalue weighted by Crippen LogP contribution is -1.61. The average Bonchev–Trinajstić information content (AvgIpc) is 1.69. The van der Waals surface area contributed by atoms with E-state index in [-0.39, 0.29) is 0 Å². The molecule has 0 heterocycles. The standard InChI is InChI=1S/C6H5I/c7-6-4-2-1-3-5-6/h1-5H/i7-2. The molecular weight excluding hydrogens is 197 g/mol. The van der Waals surface area contributed by atoms with Crippen LogP contribution in [-0.2, 0) is 0 Å². The van der Waals surface area contributed by atoms with E-state index < -0.39 is 0 Å². The van der Waals surface area contributed by atoms with Crippen LogP contribution in [0, 0.1) is 3.57 Å². The van der Waals surface area contributed by atoms with Crippen LogP contribution in [0.1, 0.15) is 0 Å². The minimum atomic E-state index is 1.29. The first kappa shape index (κ1) is 5.09. The predicted molar refractivity (Wildman–Crippen MR) is 39.2 cm³/mol. The minimum Gasteiger partial charge on any atom is -0.0622 e. The fraction of sp³-hybridized carbons (Fsp3) is 0.